The van der Waals surface area contributed by atoms with Crippen molar-refractivity contribution in [3.63, 3.8) is 0 Å². The Morgan fingerprint density at radius 3 is 2.57 bits per heavy atom. The third kappa shape index (κ3) is 5.72. The molecule has 0 saturated carbocycles. The summed E-state index contributed by atoms with van der Waals surface area (Å²) in [6.45, 7) is 6.25. The van der Waals surface area contributed by atoms with Gasteiger partial charge in [-0.3, -0.25) is 4.79 Å². The monoisotopic (exact) mass is 396 g/mol. The normalized spacial score (nSPS) is 11.3. The molecule has 0 fully saturated rings. The summed E-state index contributed by atoms with van der Waals surface area (Å²) in [5.41, 5.74) is 1.77. The molecule has 0 bridgehead atoms. The van der Waals surface area contributed by atoms with Crippen LogP contribution in [0.1, 0.15) is 32.8 Å². The van der Waals surface area contributed by atoms with Crippen molar-refractivity contribution >= 4 is 28.9 Å². The topological polar surface area (TPSA) is 78.7 Å². The lowest BCUT2D eigenvalue weighted by Gasteiger charge is -2.10. The molecule has 2 aromatic heterocycles. The molecule has 0 aliphatic carbocycles. The van der Waals surface area contributed by atoms with Gasteiger partial charge in [-0.15, -0.1) is 11.3 Å². The molecular formula is C21H24N4O2S. The van der Waals surface area contributed by atoms with Crippen molar-refractivity contribution in [3.05, 3.63) is 75.9 Å². The van der Waals surface area contributed by atoms with Gasteiger partial charge < -0.3 is 20.4 Å². The third-order valence-corrected chi connectivity index (χ3v) is 4.95. The van der Waals surface area contributed by atoms with E-state index < -0.39 is 0 Å². The molecule has 0 atom stereocenters. The summed E-state index contributed by atoms with van der Waals surface area (Å²) in [5, 5.41) is 9.42. The first-order valence-electron chi connectivity index (χ1n) is 9.15. The number of anilines is 1. The number of nitrogens with zero attached hydrogens (tertiary/aromatic N) is 1. The predicted molar refractivity (Wildman–Crippen MR) is 114 cm³/mol. The van der Waals surface area contributed by atoms with E-state index in [0.717, 1.165) is 24.6 Å². The van der Waals surface area contributed by atoms with Crippen molar-refractivity contribution in [2.45, 2.75) is 26.9 Å². The third-order valence-electron chi connectivity index (χ3n) is 3.95. The maximum Gasteiger partial charge on any atom is 0.291 e. The van der Waals surface area contributed by atoms with E-state index in [0.29, 0.717) is 12.2 Å². The zero-order valence-corrected chi connectivity index (χ0v) is 16.8. The molecule has 2 heterocycles. The van der Waals surface area contributed by atoms with Crippen LogP contribution in [0.4, 0.5) is 5.69 Å². The Morgan fingerprint density at radius 2 is 1.93 bits per heavy atom. The van der Waals surface area contributed by atoms with Gasteiger partial charge in [0.25, 0.3) is 5.91 Å². The van der Waals surface area contributed by atoms with Gasteiger partial charge in [0.15, 0.2) is 11.7 Å². The lowest BCUT2D eigenvalue weighted by molar-refractivity contribution is 0.0996. The van der Waals surface area contributed by atoms with Gasteiger partial charge in [0.05, 0.1) is 19.4 Å². The van der Waals surface area contributed by atoms with Crippen molar-refractivity contribution in [3.8, 4) is 0 Å². The smallest absolute Gasteiger partial charge is 0.291 e. The summed E-state index contributed by atoms with van der Waals surface area (Å²) < 4.78 is 5.09. The van der Waals surface area contributed by atoms with Crippen LogP contribution in [0.25, 0.3) is 0 Å². The molecule has 6 nitrogen and oxygen atoms in total. The number of hydrogen-bond donors (Lipinski definition) is 3. The number of rotatable bonds is 7. The largest absolute Gasteiger partial charge is 0.459 e. The minimum atomic E-state index is -0.266. The lowest BCUT2D eigenvalue weighted by Crippen LogP contribution is -2.36. The maximum atomic E-state index is 12.0. The minimum absolute atomic E-state index is 0.266. The standard InChI is InChI=1S/C21H24N4O2S/c1-3-22-21(24-14-18-11-6-15(2)28-18)23-13-16-7-9-17(10-8-16)25-20(26)19-5-4-12-27-19/h4-12H,3,13-14H2,1-2H3,(H,25,26)(H2,22,23,24). The zero-order chi connectivity index (χ0) is 19.8. The highest BCUT2D eigenvalue weighted by molar-refractivity contribution is 7.11. The number of carbonyl (C=O) groups is 1. The molecule has 3 aromatic rings. The number of aliphatic imine (C=N–C) groups is 1. The van der Waals surface area contributed by atoms with Crippen LogP contribution in [-0.2, 0) is 13.1 Å². The number of guanidine groups is 1. The second-order valence-corrected chi connectivity index (χ2v) is 7.56. The molecular weight excluding hydrogens is 372 g/mol. The summed E-state index contributed by atoms with van der Waals surface area (Å²) in [7, 11) is 0. The van der Waals surface area contributed by atoms with Crippen LogP contribution in [-0.4, -0.2) is 18.4 Å². The summed E-state index contributed by atoms with van der Waals surface area (Å²) in [6, 6.07) is 15.2. The van der Waals surface area contributed by atoms with Crippen molar-refractivity contribution in [2.24, 2.45) is 4.99 Å². The van der Waals surface area contributed by atoms with Gasteiger partial charge in [-0.1, -0.05) is 12.1 Å². The molecule has 0 spiro atoms. The summed E-state index contributed by atoms with van der Waals surface area (Å²) >= 11 is 1.78. The van der Waals surface area contributed by atoms with Gasteiger partial charge in [0.2, 0.25) is 0 Å². The average Bonchev–Trinajstić information content (AvgIpc) is 3.37. The summed E-state index contributed by atoms with van der Waals surface area (Å²) in [6.07, 6.45) is 1.48. The summed E-state index contributed by atoms with van der Waals surface area (Å²) in [5.74, 6) is 0.804. The second-order valence-electron chi connectivity index (χ2n) is 6.19. The fourth-order valence-corrected chi connectivity index (χ4v) is 3.39. The average molecular weight is 397 g/mol. The fourth-order valence-electron chi connectivity index (χ4n) is 2.56. The van der Waals surface area contributed by atoms with Crippen LogP contribution in [0.2, 0.25) is 0 Å². The Balaban J connectivity index is 1.55. The highest BCUT2D eigenvalue weighted by Crippen LogP contribution is 2.15. The first kappa shape index (κ1) is 19.7. The number of hydrogen-bond acceptors (Lipinski definition) is 4. The van der Waals surface area contributed by atoms with E-state index >= 15 is 0 Å². The van der Waals surface area contributed by atoms with Gasteiger partial charge >= 0.3 is 0 Å². The Labute approximate surface area is 168 Å². The Kier molecular flexibility index (Phi) is 6.86. The Morgan fingerprint density at radius 1 is 1.11 bits per heavy atom. The number of amides is 1. The van der Waals surface area contributed by atoms with Gasteiger partial charge in [0.1, 0.15) is 0 Å². The zero-order valence-electron chi connectivity index (χ0n) is 16.0. The van der Waals surface area contributed by atoms with E-state index in [4.69, 9.17) is 4.42 Å². The summed E-state index contributed by atoms with van der Waals surface area (Å²) in [4.78, 5) is 19.2. The maximum absolute atomic E-state index is 12.0. The first-order chi connectivity index (χ1) is 13.6. The van der Waals surface area contributed by atoms with Crippen molar-refractivity contribution < 1.29 is 9.21 Å². The molecule has 28 heavy (non-hydrogen) atoms. The number of thiophene rings is 1. The number of benzene rings is 1. The van der Waals surface area contributed by atoms with E-state index in [1.807, 2.05) is 31.2 Å². The highest BCUT2D eigenvalue weighted by atomic mass is 32.1. The number of furan rings is 1. The molecule has 1 aromatic carbocycles. The molecule has 0 aliphatic heterocycles. The van der Waals surface area contributed by atoms with Crippen LogP contribution >= 0.6 is 11.3 Å². The lowest BCUT2D eigenvalue weighted by atomic mass is 10.2. The van der Waals surface area contributed by atoms with E-state index in [9.17, 15) is 4.79 Å². The van der Waals surface area contributed by atoms with Crippen LogP contribution in [0.5, 0.6) is 0 Å². The van der Waals surface area contributed by atoms with Crippen LogP contribution in [0.15, 0.2) is 64.2 Å². The molecule has 146 valence electrons. The second kappa shape index (κ2) is 9.75. The van der Waals surface area contributed by atoms with Gasteiger partial charge in [-0.05, 0) is 55.8 Å². The number of carbonyl (C=O) groups excluding carboxylic acids is 1. The molecule has 7 heteroatoms. The van der Waals surface area contributed by atoms with Gasteiger partial charge in [-0.25, -0.2) is 4.99 Å². The molecule has 3 rings (SSSR count). The quantitative estimate of drug-likeness (QED) is 0.414. The SMILES string of the molecule is CCNC(=NCc1ccc(NC(=O)c2ccco2)cc1)NCc1ccc(C)s1. The van der Waals surface area contributed by atoms with E-state index in [1.54, 1.807) is 23.5 Å². The molecule has 0 radical (unpaired) electrons. The van der Waals surface area contributed by atoms with E-state index in [-0.39, 0.29) is 11.7 Å². The Hall–Kier alpha value is -3.06. The predicted octanol–water partition coefficient (Wildman–Crippen LogP) is 4.16. The van der Waals surface area contributed by atoms with Crippen molar-refractivity contribution in [1.82, 2.24) is 10.6 Å². The van der Waals surface area contributed by atoms with E-state index in [1.165, 1.54) is 16.0 Å². The minimum Gasteiger partial charge on any atom is -0.459 e. The first-order valence-corrected chi connectivity index (χ1v) is 9.97. The van der Waals surface area contributed by atoms with Crippen LogP contribution in [0, 0.1) is 6.92 Å². The highest BCUT2D eigenvalue weighted by Gasteiger charge is 2.08. The Bertz CT molecular complexity index is 914. The van der Waals surface area contributed by atoms with Gasteiger partial charge in [0, 0.05) is 22.0 Å². The van der Waals surface area contributed by atoms with Crippen LogP contribution < -0.4 is 16.0 Å². The number of nitrogens with one attached hydrogen (secondary N) is 3. The van der Waals surface area contributed by atoms with E-state index in [2.05, 4.69) is 40.0 Å². The fraction of sp³-hybridized carbons (Fsp3) is 0.238. The molecule has 3 N–H and O–H groups in total. The van der Waals surface area contributed by atoms with Gasteiger partial charge in [-0.2, -0.15) is 0 Å². The molecule has 0 saturated heterocycles. The molecule has 1 amide bonds. The molecule has 0 aliphatic rings. The molecule has 0 unspecified atom stereocenters. The number of aryl methyl sites for hydroxylation is 1. The van der Waals surface area contributed by atoms with Crippen molar-refractivity contribution in [1.29, 1.82) is 0 Å². The van der Waals surface area contributed by atoms with Crippen LogP contribution in [0.3, 0.4) is 0 Å². The van der Waals surface area contributed by atoms with Crippen molar-refractivity contribution in [2.75, 3.05) is 11.9 Å².